The van der Waals surface area contributed by atoms with Gasteiger partial charge in [0.15, 0.2) is 0 Å². The molecule has 0 bridgehead atoms. The summed E-state index contributed by atoms with van der Waals surface area (Å²) >= 11 is 0. The summed E-state index contributed by atoms with van der Waals surface area (Å²) in [5, 5.41) is 5.31. The number of hydrogen-bond donors (Lipinski definition) is 0. The topological polar surface area (TPSA) is 13.1 Å². The summed E-state index contributed by atoms with van der Waals surface area (Å²) in [7, 11) is 0. The highest BCUT2D eigenvalue weighted by Gasteiger charge is 2.53. The van der Waals surface area contributed by atoms with E-state index in [-0.39, 0.29) is 28.5 Å². The Morgan fingerprint density at radius 1 is 0.476 bits per heavy atom. The smallest absolute Gasteiger partial charge is 0.329 e. The van der Waals surface area contributed by atoms with Gasteiger partial charge in [-0.3, -0.25) is 0 Å². The van der Waals surface area contributed by atoms with Crippen LogP contribution in [0.1, 0.15) is 104 Å². The summed E-state index contributed by atoms with van der Waals surface area (Å²) in [6, 6.07) is 53.8. The molecule has 4 heteroatoms. The lowest BCUT2D eigenvalue weighted by molar-refractivity contribution is 0.589. The Bertz CT molecular complexity index is 3460. The minimum atomic E-state index is -0.253. The van der Waals surface area contributed by atoms with Gasteiger partial charge in [-0.05, 0) is 116 Å². The van der Waals surface area contributed by atoms with Crippen LogP contribution >= 0.6 is 0 Å². The van der Waals surface area contributed by atoms with Gasteiger partial charge in [-0.25, -0.2) is 0 Å². The number of fused-ring (bicyclic) bond motifs is 12. The summed E-state index contributed by atoms with van der Waals surface area (Å²) in [6.07, 6.45) is 0. The van der Waals surface area contributed by atoms with Crippen molar-refractivity contribution in [3.8, 4) is 16.8 Å². The van der Waals surface area contributed by atoms with Gasteiger partial charge < -0.3 is 13.9 Å². The van der Waals surface area contributed by atoms with Gasteiger partial charge in [0.1, 0.15) is 0 Å². The highest BCUT2D eigenvalue weighted by molar-refractivity contribution is 6.85. The van der Waals surface area contributed by atoms with Gasteiger partial charge in [-0.2, -0.15) is 0 Å². The molecule has 3 nitrogen and oxygen atoms in total. The van der Waals surface area contributed by atoms with E-state index < -0.39 is 0 Å². The normalized spacial score (nSPS) is 15.5. The summed E-state index contributed by atoms with van der Waals surface area (Å²) in [6.45, 7) is 26.1. The van der Waals surface area contributed by atoms with E-state index >= 15 is 0 Å². The van der Waals surface area contributed by atoms with Crippen molar-refractivity contribution in [2.24, 2.45) is 0 Å². The summed E-state index contributed by atoms with van der Waals surface area (Å²) in [5.41, 5.74) is 22.2. The van der Waals surface area contributed by atoms with E-state index in [1.54, 1.807) is 0 Å². The first-order valence-corrected chi connectivity index (χ1v) is 23.0. The first-order chi connectivity index (χ1) is 29.9. The van der Waals surface area contributed by atoms with Crippen molar-refractivity contribution in [2.45, 2.75) is 97.8 Å². The van der Waals surface area contributed by atoms with Crippen LogP contribution in [0.15, 0.2) is 145 Å². The molecule has 0 amide bonds. The van der Waals surface area contributed by atoms with Crippen LogP contribution in [0.5, 0.6) is 0 Å². The van der Waals surface area contributed by atoms with Crippen molar-refractivity contribution in [1.82, 2.24) is 9.05 Å². The average Bonchev–Trinajstić information content (AvgIpc) is 3.85. The largest absolute Gasteiger partial charge is 0.376 e. The number of nitrogens with zero attached hydrogens (tertiary/aromatic N) is 3. The van der Waals surface area contributed by atoms with Crippen molar-refractivity contribution in [2.75, 3.05) is 4.90 Å². The SMILES string of the molecule is CC(C)(C)c1ccc(N2C3=C(B4c5c(cc(C(C)(C)C)cc52)-c2cc(C(C)(C)C)cc5c6c7c8ccccc8n(-c8ccccc8)c7ccc6n4c25)C(C)(C)c2ccccc23)cc1. The zero-order chi connectivity index (χ0) is 43.7. The van der Waals surface area contributed by atoms with Crippen molar-refractivity contribution >= 4 is 73.0 Å². The molecule has 0 saturated heterocycles. The second kappa shape index (κ2) is 12.5. The molecule has 0 atom stereocenters. The molecule has 310 valence electrons. The molecule has 0 radical (unpaired) electrons. The lowest BCUT2D eigenvalue weighted by Gasteiger charge is -2.44. The zero-order valence-electron chi connectivity index (χ0n) is 38.7. The summed E-state index contributed by atoms with van der Waals surface area (Å²) in [5.74, 6) is 0. The highest BCUT2D eigenvalue weighted by Crippen LogP contribution is 2.58. The van der Waals surface area contributed by atoms with Crippen molar-refractivity contribution < 1.29 is 0 Å². The number of hydrogen-bond acceptors (Lipinski definition) is 1. The molecule has 2 aromatic heterocycles. The fraction of sp³-hybridized carbons (Fsp3) is 0.254. The number of aromatic nitrogens is 2. The molecule has 3 aliphatic rings. The molecule has 7 aromatic carbocycles. The highest BCUT2D eigenvalue weighted by atomic mass is 15.2. The molecule has 4 heterocycles. The predicted octanol–water partition coefficient (Wildman–Crippen LogP) is 14.9. The summed E-state index contributed by atoms with van der Waals surface area (Å²) < 4.78 is 5.27. The molecule has 0 saturated carbocycles. The minimum Gasteiger partial charge on any atom is -0.376 e. The third kappa shape index (κ3) is 5.15. The number of benzene rings is 7. The number of rotatable bonds is 2. The van der Waals surface area contributed by atoms with Crippen LogP contribution < -0.4 is 10.4 Å². The van der Waals surface area contributed by atoms with Gasteiger partial charge in [0.05, 0.1) is 11.0 Å². The second-order valence-electron chi connectivity index (χ2n) is 22.3. The molecule has 63 heavy (non-hydrogen) atoms. The van der Waals surface area contributed by atoms with Crippen molar-refractivity contribution in [3.63, 3.8) is 0 Å². The Labute approximate surface area is 372 Å². The van der Waals surface area contributed by atoms with E-state index in [4.69, 9.17) is 0 Å². The van der Waals surface area contributed by atoms with Crippen LogP contribution in [0.4, 0.5) is 11.4 Å². The molecule has 9 aromatic rings. The molecule has 12 rings (SSSR count). The molecule has 0 fully saturated rings. The van der Waals surface area contributed by atoms with E-state index in [1.807, 2.05) is 0 Å². The van der Waals surface area contributed by atoms with E-state index in [1.165, 1.54) is 116 Å². The molecule has 0 spiro atoms. The van der Waals surface area contributed by atoms with Crippen molar-refractivity contribution in [1.29, 1.82) is 0 Å². The summed E-state index contributed by atoms with van der Waals surface area (Å²) in [4.78, 5) is 2.66. The number of anilines is 2. The lowest BCUT2D eigenvalue weighted by atomic mass is 9.40. The Morgan fingerprint density at radius 3 is 1.79 bits per heavy atom. The van der Waals surface area contributed by atoms with Gasteiger partial charge in [0.25, 0.3) is 0 Å². The average molecular weight is 818 g/mol. The van der Waals surface area contributed by atoms with E-state index in [2.05, 4.69) is 230 Å². The molecule has 1 aliphatic carbocycles. The third-order valence-corrected chi connectivity index (χ3v) is 14.9. The van der Waals surface area contributed by atoms with E-state index in [0.29, 0.717) is 0 Å². The van der Waals surface area contributed by atoms with E-state index in [0.717, 1.165) is 0 Å². The first-order valence-electron chi connectivity index (χ1n) is 23.0. The Morgan fingerprint density at radius 2 is 1.08 bits per heavy atom. The monoisotopic (exact) mass is 817 g/mol. The van der Waals surface area contributed by atoms with Crippen LogP contribution in [0, 0.1) is 0 Å². The molecule has 2 aliphatic heterocycles. The lowest BCUT2D eigenvalue weighted by Crippen LogP contribution is -2.52. The standard InChI is InChI=1S/C59H56BN3/c1-56(2,3)35-25-27-39(28-26-35)62-49-34-37(58(7,8)9)31-42-43-32-36(57(4,5)6)33-44-51-48(30-29-47-50(51)41-22-16-18-24-46(41)61(47)38-19-13-12-14-20-38)63(53(43)44)60(52(42)49)55-54(62)40-21-15-17-23-45(40)59(55,10)11/h12-34H,1-11H3. The van der Waals surface area contributed by atoms with Crippen LogP contribution in [0.2, 0.25) is 0 Å². The van der Waals surface area contributed by atoms with Gasteiger partial charge >= 0.3 is 6.85 Å². The quantitative estimate of drug-likeness (QED) is 0.158. The predicted molar refractivity (Wildman–Crippen MR) is 271 cm³/mol. The number of para-hydroxylation sites is 2. The van der Waals surface area contributed by atoms with Gasteiger partial charge in [0.2, 0.25) is 0 Å². The maximum atomic E-state index is 2.80. The van der Waals surface area contributed by atoms with Crippen LogP contribution in [-0.2, 0) is 21.7 Å². The fourth-order valence-electron chi connectivity index (χ4n) is 11.7. The van der Waals surface area contributed by atoms with Crippen LogP contribution in [0.3, 0.4) is 0 Å². The molecule has 0 N–H and O–H groups in total. The van der Waals surface area contributed by atoms with Crippen molar-refractivity contribution in [3.05, 3.63) is 173 Å². The molecular weight excluding hydrogens is 761 g/mol. The Kier molecular flexibility index (Phi) is 7.61. The zero-order valence-corrected chi connectivity index (χ0v) is 38.7. The van der Waals surface area contributed by atoms with Crippen LogP contribution in [0.25, 0.3) is 66.1 Å². The maximum absolute atomic E-state index is 2.80. The van der Waals surface area contributed by atoms with E-state index in [9.17, 15) is 0 Å². The van der Waals surface area contributed by atoms with Crippen LogP contribution in [-0.4, -0.2) is 15.9 Å². The molecule has 0 unspecified atom stereocenters. The van der Waals surface area contributed by atoms with Gasteiger partial charge in [-0.1, -0.05) is 155 Å². The maximum Gasteiger partial charge on any atom is 0.329 e. The minimum absolute atomic E-state index is 0.0283. The van der Waals surface area contributed by atoms with Gasteiger partial charge in [-0.15, -0.1) is 0 Å². The number of allylic oxidation sites excluding steroid dienone is 1. The van der Waals surface area contributed by atoms with Gasteiger partial charge in [0, 0.05) is 71.9 Å². The molecular formula is C59H56BN3. The Balaban J connectivity index is 1.29. The fourth-order valence-corrected chi connectivity index (χ4v) is 11.7. The first kappa shape index (κ1) is 38.4. The third-order valence-electron chi connectivity index (χ3n) is 14.9. The Hall–Kier alpha value is -6.26. The second-order valence-corrected chi connectivity index (χ2v) is 22.3.